The second-order valence-corrected chi connectivity index (χ2v) is 2.36. The van der Waals surface area contributed by atoms with Crippen molar-refractivity contribution in [3.05, 3.63) is 24.0 Å². The molecule has 0 spiro atoms. The van der Waals surface area contributed by atoms with Crippen molar-refractivity contribution in [1.82, 2.24) is 9.88 Å². The normalized spacial score (nSPS) is 9.00. The van der Waals surface area contributed by atoms with Gasteiger partial charge in [0.05, 0.1) is 5.56 Å². The van der Waals surface area contributed by atoms with Crippen LogP contribution in [0.25, 0.3) is 0 Å². The van der Waals surface area contributed by atoms with E-state index in [-0.39, 0.29) is 12.5 Å². The van der Waals surface area contributed by atoms with Crippen LogP contribution in [0.4, 0.5) is 0 Å². The highest BCUT2D eigenvalue weighted by molar-refractivity contribution is 5.75. The lowest BCUT2D eigenvalue weighted by molar-refractivity contribution is -0.121. The maximum Gasteiger partial charge on any atom is 0.239 e. The SMILES string of the molecule is CNC(=O)Cn1ccc(C#N)c1. The Kier molecular flexibility index (Phi) is 2.49. The van der Waals surface area contributed by atoms with Crippen molar-refractivity contribution in [3.63, 3.8) is 0 Å². The first-order valence-corrected chi connectivity index (χ1v) is 3.52. The number of carbonyl (C=O) groups excluding carboxylic acids is 1. The van der Waals surface area contributed by atoms with E-state index in [1.165, 1.54) is 0 Å². The van der Waals surface area contributed by atoms with Crippen molar-refractivity contribution in [3.8, 4) is 6.07 Å². The van der Waals surface area contributed by atoms with Gasteiger partial charge < -0.3 is 9.88 Å². The Bertz CT molecular complexity index is 321. The Morgan fingerprint density at radius 3 is 3.08 bits per heavy atom. The predicted octanol–water partition coefficient (Wildman–Crippen LogP) is 0.106. The zero-order valence-corrected chi connectivity index (χ0v) is 6.74. The average Bonchev–Trinajstić information content (AvgIpc) is 2.52. The molecule has 0 aliphatic carbocycles. The van der Waals surface area contributed by atoms with E-state index in [1.54, 1.807) is 30.1 Å². The van der Waals surface area contributed by atoms with Gasteiger partial charge in [0.25, 0.3) is 0 Å². The van der Waals surface area contributed by atoms with Crippen LogP contribution in [0, 0.1) is 11.3 Å². The fourth-order valence-corrected chi connectivity index (χ4v) is 0.850. The zero-order chi connectivity index (χ0) is 8.97. The number of nitrogens with one attached hydrogen (secondary N) is 1. The highest BCUT2D eigenvalue weighted by Crippen LogP contribution is 1.98. The first-order valence-electron chi connectivity index (χ1n) is 3.52. The van der Waals surface area contributed by atoms with Crippen molar-refractivity contribution < 1.29 is 4.79 Å². The topological polar surface area (TPSA) is 57.8 Å². The predicted molar refractivity (Wildman–Crippen MR) is 43.2 cm³/mol. The average molecular weight is 163 g/mol. The minimum Gasteiger partial charge on any atom is -0.358 e. The van der Waals surface area contributed by atoms with E-state index >= 15 is 0 Å². The largest absolute Gasteiger partial charge is 0.358 e. The fraction of sp³-hybridized carbons (Fsp3) is 0.250. The van der Waals surface area contributed by atoms with E-state index in [0.29, 0.717) is 5.56 Å². The molecule has 1 N–H and O–H groups in total. The van der Waals surface area contributed by atoms with Crippen LogP contribution in [0.1, 0.15) is 5.56 Å². The number of likely N-dealkylation sites (N-methyl/N-ethyl adjacent to an activating group) is 1. The van der Waals surface area contributed by atoms with Gasteiger partial charge in [0.2, 0.25) is 5.91 Å². The number of aromatic nitrogens is 1. The Hall–Kier alpha value is -1.76. The van der Waals surface area contributed by atoms with Crippen molar-refractivity contribution >= 4 is 5.91 Å². The van der Waals surface area contributed by atoms with Crippen LogP contribution >= 0.6 is 0 Å². The van der Waals surface area contributed by atoms with Crippen LogP contribution in [0.2, 0.25) is 0 Å². The van der Waals surface area contributed by atoms with Crippen LogP contribution in [0.15, 0.2) is 18.5 Å². The van der Waals surface area contributed by atoms with Crippen LogP contribution in [0.5, 0.6) is 0 Å². The monoisotopic (exact) mass is 163 g/mol. The summed E-state index contributed by atoms with van der Waals surface area (Å²) in [6, 6.07) is 3.66. The smallest absolute Gasteiger partial charge is 0.239 e. The van der Waals surface area contributed by atoms with Crippen LogP contribution < -0.4 is 5.32 Å². The van der Waals surface area contributed by atoms with E-state index in [0.717, 1.165) is 0 Å². The lowest BCUT2D eigenvalue weighted by atomic mass is 10.4. The molecule has 62 valence electrons. The van der Waals surface area contributed by atoms with Crippen molar-refractivity contribution in [2.24, 2.45) is 0 Å². The Morgan fingerprint density at radius 1 is 1.83 bits per heavy atom. The van der Waals surface area contributed by atoms with Gasteiger partial charge in [-0.05, 0) is 6.07 Å². The number of amides is 1. The molecule has 0 saturated heterocycles. The van der Waals surface area contributed by atoms with Crippen molar-refractivity contribution in [2.45, 2.75) is 6.54 Å². The highest BCUT2D eigenvalue weighted by atomic mass is 16.1. The van der Waals surface area contributed by atoms with Crippen LogP contribution in [0.3, 0.4) is 0 Å². The third-order valence-electron chi connectivity index (χ3n) is 1.48. The van der Waals surface area contributed by atoms with Crippen LogP contribution in [-0.4, -0.2) is 17.5 Å². The lowest BCUT2D eigenvalue weighted by Gasteiger charge is -1.99. The molecule has 0 bridgehead atoms. The quantitative estimate of drug-likeness (QED) is 0.672. The van der Waals surface area contributed by atoms with Gasteiger partial charge >= 0.3 is 0 Å². The Balaban J connectivity index is 2.65. The van der Waals surface area contributed by atoms with Gasteiger partial charge in [-0.15, -0.1) is 0 Å². The van der Waals surface area contributed by atoms with Gasteiger partial charge in [0, 0.05) is 19.4 Å². The summed E-state index contributed by atoms with van der Waals surface area (Å²) in [4.78, 5) is 10.9. The molecule has 1 aromatic rings. The summed E-state index contributed by atoms with van der Waals surface area (Å²) < 4.78 is 1.66. The van der Waals surface area contributed by atoms with Gasteiger partial charge in [-0.25, -0.2) is 0 Å². The fourth-order valence-electron chi connectivity index (χ4n) is 0.850. The van der Waals surface area contributed by atoms with Gasteiger partial charge in [0.15, 0.2) is 0 Å². The maximum atomic E-state index is 10.9. The second kappa shape index (κ2) is 3.58. The molecule has 1 rings (SSSR count). The first kappa shape index (κ1) is 8.34. The van der Waals surface area contributed by atoms with E-state index in [9.17, 15) is 4.79 Å². The molecule has 0 radical (unpaired) electrons. The summed E-state index contributed by atoms with van der Waals surface area (Å²) in [6.45, 7) is 0.262. The summed E-state index contributed by atoms with van der Waals surface area (Å²) in [5.74, 6) is -0.0740. The summed E-state index contributed by atoms with van der Waals surface area (Å²) in [6.07, 6.45) is 3.34. The molecule has 0 aliphatic heterocycles. The number of nitriles is 1. The van der Waals surface area contributed by atoms with Gasteiger partial charge in [-0.1, -0.05) is 0 Å². The molecule has 12 heavy (non-hydrogen) atoms. The molecule has 1 amide bonds. The minimum absolute atomic E-state index is 0.0740. The standard InChI is InChI=1S/C8H9N3O/c1-10-8(12)6-11-3-2-7(4-9)5-11/h2-3,5H,6H2,1H3,(H,10,12). The molecule has 0 saturated carbocycles. The maximum absolute atomic E-state index is 10.9. The summed E-state index contributed by atoms with van der Waals surface area (Å²) >= 11 is 0. The molecule has 4 nitrogen and oxygen atoms in total. The third-order valence-corrected chi connectivity index (χ3v) is 1.48. The summed E-state index contributed by atoms with van der Waals surface area (Å²) in [5, 5.41) is 11.0. The summed E-state index contributed by atoms with van der Waals surface area (Å²) in [5.41, 5.74) is 0.568. The van der Waals surface area contributed by atoms with E-state index < -0.39 is 0 Å². The Morgan fingerprint density at radius 2 is 2.58 bits per heavy atom. The zero-order valence-electron chi connectivity index (χ0n) is 6.74. The summed E-state index contributed by atoms with van der Waals surface area (Å²) in [7, 11) is 1.58. The molecule has 1 aromatic heterocycles. The molecule has 0 aliphatic rings. The van der Waals surface area contributed by atoms with Crippen molar-refractivity contribution in [1.29, 1.82) is 5.26 Å². The molecule has 0 aromatic carbocycles. The van der Waals surface area contributed by atoms with Gasteiger partial charge in [-0.3, -0.25) is 4.79 Å². The molecule has 4 heteroatoms. The molecule has 0 fully saturated rings. The molecule has 1 heterocycles. The van der Waals surface area contributed by atoms with Gasteiger partial charge in [-0.2, -0.15) is 5.26 Å². The molecular formula is C8H9N3O. The highest BCUT2D eigenvalue weighted by Gasteiger charge is 1.99. The van der Waals surface area contributed by atoms with E-state index in [1.807, 2.05) is 6.07 Å². The number of rotatable bonds is 2. The van der Waals surface area contributed by atoms with E-state index in [2.05, 4.69) is 5.32 Å². The lowest BCUT2D eigenvalue weighted by Crippen LogP contribution is -2.22. The first-order chi connectivity index (χ1) is 5.76. The number of hydrogen-bond acceptors (Lipinski definition) is 2. The van der Waals surface area contributed by atoms with Crippen LogP contribution in [-0.2, 0) is 11.3 Å². The Labute approximate surface area is 70.4 Å². The number of carbonyl (C=O) groups is 1. The number of nitrogens with zero attached hydrogens (tertiary/aromatic N) is 2. The molecule has 0 atom stereocenters. The molecular weight excluding hydrogens is 154 g/mol. The van der Waals surface area contributed by atoms with E-state index in [4.69, 9.17) is 5.26 Å². The van der Waals surface area contributed by atoms with Gasteiger partial charge in [0.1, 0.15) is 12.6 Å². The molecule has 0 unspecified atom stereocenters. The third kappa shape index (κ3) is 1.86. The van der Waals surface area contributed by atoms with Crippen molar-refractivity contribution in [2.75, 3.05) is 7.05 Å². The number of hydrogen-bond donors (Lipinski definition) is 1. The second-order valence-electron chi connectivity index (χ2n) is 2.36. The minimum atomic E-state index is -0.0740.